The fourth-order valence-corrected chi connectivity index (χ4v) is 4.26. The molecule has 1 heterocycles. The molecular formula is C12H18BrNS. The maximum atomic E-state index is 3.62. The highest BCUT2D eigenvalue weighted by atomic mass is 79.9. The van der Waals surface area contributed by atoms with Crippen molar-refractivity contribution in [2.45, 2.75) is 32.2 Å². The first kappa shape index (κ1) is 11.6. The Morgan fingerprint density at radius 2 is 2.33 bits per heavy atom. The number of thiophene rings is 1. The highest BCUT2D eigenvalue weighted by molar-refractivity contribution is 9.10. The fraction of sp³-hybridized carbons (Fsp3) is 0.667. The summed E-state index contributed by atoms with van der Waals surface area (Å²) in [6, 6.07) is 2.89. The van der Waals surface area contributed by atoms with Gasteiger partial charge in [-0.05, 0) is 65.5 Å². The smallest absolute Gasteiger partial charge is 0.0314 e. The van der Waals surface area contributed by atoms with Gasteiger partial charge in [0.05, 0.1) is 0 Å². The van der Waals surface area contributed by atoms with Crippen LogP contribution in [0.25, 0.3) is 0 Å². The van der Waals surface area contributed by atoms with Gasteiger partial charge in [-0.2, -0.15) is 0 Å². The summed E-state index contributed by atoms with van der Waals surface area (Å²) in [5, 5.41) is 5.60. The highest BCUT2D eigenvalue weighted by Gasteiger charge is 2.31. The Morgan fingerprint density at radius 1 is 1.53 bits per heavy atom. The van der Waals surface area contributed by atoms with Crippen LogP contribution in [0.3, 0.4) is 0 Å². The van der Waals surface area contributed by atoms with Crippen molar-refractivity contribution in [2.24, 2.45) is 11.8 Å². The van der Waals surface area contributed by atoms with Crippen molar-refractivity contribution in [3.05, 3.63) is 20.8 Å². The monoisotopic (exact) mass is 287 g/mol. The molecule has 84 valence electrons. The van der Waals surface area contributed by atoms with Gasteiger partial charge in [-0.3, -0.25) is 0 Å². The summed E-state index contributed by atoms with van der Waals surface area (Å²) in [4.78, 5) is 1.52. The van der Waals surface area contributed by atoms with Crippen LogP contribution in [-0.2, 0) is 6.42 Å². The largest absolute Gasteiger partial charge is 0.317 e. The third-order valence-electron chi connectivity index (χ3n) is 3.74. The Labute approximate surface area is 104 Å². The van der Waals surface area contributed by atoms with Crippen molar-refractivity contribution in [1.29, 1.82) is 0 Å². The first-order valence-corrected chi connectivity index (χ1v) is 7.28. The van der Waals surface area contributed by atoms with Crippen LogP contribution >= 0.6 is 27.3 Å². The van der Waals surface area contributed by atoms with Crippen LogP contribution in [-0.4, -0.2) is 13.1 Å². The van der Waals surface area contributed by atoms with E-state index in [1.807, 2.05) is 11.3 Å². The van der Waals surface area contributed by atoms with Crippen molar-refractivity contribution < 1.29 is 0 Å². The number of hydrogen-bond donors (Lipinski definition) is 1. The second-order valence-electron chi connectivity index (χ2n) is 4.49. The summed E-state index contributed by atoms with van der Waals surface area (Å²) in [5.74, 6) is 1.67. The molecule has 1 saturated carbocycles. The van der Waals surface area contributed by atoms with Crippen molar-refractivity contribution in [3.8, 4) is 0 Å². The van der Waals surface area contributed by atoms with Crippen molar-refractivity contribution in [2.75, 3.05) is 7.05 Å². The molecule has 3 unspecified atom stereocenters. The molecule has 0 amide bonds. The average Bonchev–Trinajstić information content (AvgIpc) is 2.77. The number of hydrogen-bond acceptors (Lipinski definition) is 2. The minimum absolute atomic E-state index is 0.730. The lowest BCUT2D eigenvalue weighted by atomic mass is 9.92. The lowest BCUT2D eigenvalue weighted by molar-refractivity contribution is 0.365. The minimum atomic E-state index is 0.730. The number of nitrogens with one attached hydrogen (secondary N) is 1. The summed E-state index contributed by atoms with van der Waals surface area (Å²) in [7, 11) is 2.09. The van der Waals surface area contributed by atoms with Gasteiger partial charge in [-0.15, -0.1) is 11.3 Å². The third kappa shape index (κ3) is 2.45. The summed E-state index contributed by atoms with van der Waals surface area (Å²) >= 11 is 5.50. The maximum absolute atomic E-state index is 3.62. The Morgan fingerprint density at radius 3 is 2.87 bits per heavy atom. The van der Waals surface area contributed by atoms with Gasteiger partial charge in [-0.1, -0.05) is 6.92 Å². The Kier molecular flexibility index (Phi) is 3.86. The van der Waals surface area contributed by atoms with E-state index < -0.39 is 0 Å². The summed E-state index contributed by atoms with van der Waals surface area (Å²) in [6.45, 7) is 2.39. The fourth-order valence-electron chi connectivity index (χ4n) is 2.65. The average molecular weight is 288 g/mol. The Balaban J connectivity index is 1.99. The van der Waals surface area contributed by atoms with Gasteiger partial charge in [0.1, 0.15) is 0 Å². The van der Waals surface area contributed by atoms with Gasteiger partial charge >= 0.3 is 0 Å². The van der Waals surface area contributed by atoms with E-state index in [1.165, 1.54) is 28.6 Å². The normalized spacial score (nSPS) is 31.0. The molecule has 1 aromatic rings. The predicted octanol–water partition coefficient (Wildman–Crippen LogP) is 3.69. The summed E-state index contributed by atoms with van der Waals surface area (Å²) in [5.41, 5.74) is 0. The van der Waals surface area contributed by atoms with Gasteiger partial charge in [0.15, 0.2) is 0 Å². The summed E-state index contributed by atoms with van der Waals surface area (Å²) < 4.78 is 1.30. The van der Waals surface area contributed by atoms with E-state index in [0.717, 1.165) is 17.9 Å². The lowest BCUT2D eigenvalue weighted by Crippen LogP contribution is -2.29. The van der Waals surface area contributed by atoms with Gasteiger partial charge in [-0.25, -0.2) is 0 Å². The van der Waals surface area contributed by atoms with E-state index in [2.05, 4.69) is 46.7 Å². The molecule has 3 heteroatoms. The van der Waals surface area contributed by atoms with Gasteiger partial charge in [0.25, 0.3) is 0 Å². The molecule has 0 bridgehead atoms. The van der Waals surface area contributed by atoms with E-state index in [1.54, 1.807) is 0 Å². The van der Waals surface area contributed by atoms with E-state index in [4.69, 9.17) is 0 Å². The van der Waals surface area contributed by atoms with Crippen LogP contribution in [0.2, 0.25) is 0 Å². The van der Waals surface area contributed by atoms with E-state index in [9.17, 15) is 0 Å². The zero-order chi connectivity index (χ0) is 10.8. The molecular weight excluding hydrogens is 270 g/mol. The number of halogens is 1. The molecule has 1 aromatic heterocycles. The zero-order valence-corrected chi connectivity index (χ0v) is 11.7. The molecule has 1 fully saturated rings. The first-order valence-electron chi connectivity index (χ1n) is 5.61. The SMILES string of the molecule is CNC1CCC(Cc2sccc2Br)C1C. The van der Waals surface area contributed by atoms with Crippen LogP contribution < -0.4 is 5.32 Å². The van der Waals surface area contributed by atoms with Crippen LogP contribution in [0.5, 0.6) is 0 Å². The molecule has 1 aliphatic rings. The molecule has 0 spiro atoms. The topological polar surface area (TPSA) is 12.0 Å². The van der Waals surface area contributed by atoms with Crippen LogP contribution in [0.1, 0.15) is 24.6 Å². The molecule has 1 aliphatic carbocycles. The standard InChI is InChI=1S/C12H18BrNS/c1-8-9(3-4-11(8)14-2)7-12-10(13)5-6-15-12/h5-6,8-9,11,14H,3-4,7H2,1-2H3. The molecule has 1 nitrogen and oxygen atoms in total. The molecule has 3 atom stereocenters. The van der Waals surface area contributed by atoms with Crippen molar-refractivity contribution in [1.82, 2.24) is 5.32 Å². The summed E-state index contributed by atoms with van der Waals surface area (Å²) in [6.07, 6.45) is 3.96. The quantitative estimate of drug-likeness (QED) is 0.894. The minimum Gasteiger partial charge on any atom is -0.317 e. The second-order valence-corrected chi connectivity index (χ2v) is 6.34. The van der Waals surface area contributed by atoms with Crippen molar-refractivity contribution in [3.63, 3.8) is 0 Å². The molecule has 0 saturated heterocycles. The van der Waals surface area contributed by atoms with Gasteiger partial charge in [0, 0.05) is 15.4 Å². The predicted molar refractivity (Wildman–Crippen MR) is 70.5 cm³/mol. The highest BCUT2D eigenvalue weighted by Crippen LogP contribution is 2.36. The van der Waals surface area contributed by atoms with E-state index >= 15 is 0 Å². The molecule has 1 N–H and O–H groups in total. The maximum Gasteiger partial charge on any atom is 0.0314 e. The van der Waals surface area contributed by atoms with Crippen LogP contribution in [0.15, 0.2) is 15.9 Å². The van der Waals surface area contributed by atoms with E-state index in [-0.39, 0.29) is 0 Å². The first-order chi connectivity index (χ1) is 7.22. The molecule has 2 rings (SSSR count). The second kappa shape index (κ2) is 4.98. The third-order valence-corrected chi connectivity index (χ3v) is 5.68. The Bertz CT molecular complexity index is 323. The van der Waals surface area contributed by atoms with Crippen molar-refractivity contribution >= 4 is 27.3 Å². The zero-order valence-electron chi connectivity index (χ0n) is 9.29. The van der Waals surface area contributed by atoms with Gasteiger partial charge in [0.2, 0.25) is 0 Å². The number of rotatable bonds is 3. The van der Waals surface area contributed by atoms with Crippen LogP contribution in [0, 0.1) is 11.8 Å². The molecule has 15 heavy (non-hydrogen) atoms. The van der Waals surface area contributed by atoms with Crippen LogP contribution in [0.4, 0.5) is 0 Å². The Hall–Kier alpha value is 0.140. The van der Waals surface area contributed by atoms with E-state index in [0.29, 0.717) is 0 Å². The molecule has 0 aromatic carbocycles. The van der Waals surface area contributed by atoms with Gasteiger partial charge < -0.3 is 5.32 Å². The lowest BCUT2D eigenvalue weighted by Gasteiger charge is -2.19. The molecule has 0 radical (unpaired) electrons. The molecule has 0 aliphatic heterocycles.